The van der Waals surface area contributed by atoms with Crippen molar-refractivity contribution in [3.05, 3.63) is 51.2 Å². The molecule has 3 amide bonds. The number of carbonyl (C=O) groups excluding carboxylic acids is 3. The summed E-state index contributed by atoms with van der Waals surface area (Å²) in [5.74, 6) is -0.463. The van der Waals surface area contributed by atoms with Crippen molar-refractivity contribution in [2.24, 2.45) is 5.92 Å². The fraction of sp³-hybridized carbons (Fsp3) is 0.435. The van der Waals surface area contributed by atoms with Crippen LogP contribution >= 0.6 is 22.9 Å². The van der Waals surface area contributed by atoms with Gasteiger partial charge in [-0.1, -0.05) is 11.6 Å². The Bertz CT molecular complexity index is 1030. The number of nitrogens with zero attached hydrogens (tertiary/aromatic N) is 2. The summed E-state index contributed by atoms with van der Waals surface area (Å²) in [4.78, 5) is 42.0. The normalized spacial score (nSPS) is 23.5. The second-order valence-electron chi connectivity index (χ2n) is 8.61. The molecule has 4 rings (SSSR count). The van der Waals surface area contributed by atoms with Gasteiger partial charge in [0, 0.05) is 43.0 Å². The second kappa shape index (κ2) is 10.2. The molecule has 1 saturated heterocycles. The molecule has 2 heterocycles. The smallest absolute Gasteiger partial charge is 0.261 e. The van der Waals surface area contributed by atoms with Crippen LogP contribution in [0.15, 0.2) is 36.4 Å². The minimum atomic E-state index is -0.298. The molecule has 3 N–H and O–H groups in total. The van der Waals surface area contributed by atoms with Crippen LogP contribution < -0.4 is 15.5 Å². The Morgan fingerprint density at radius 3 is 2.30 bits per heavy atom. The summed E-state index contributed by atoms with van der Waals surface area (Å²) in [5, 5.41) is 15.6. The molecule has 2 fully saturated rings. The van der Waals surface area contributed by atoms with Gasteiger partial charge in [0.05, 0.1) is 15.8 Å². The van der Waals surface area contributed by atoms with Gasteiger partial charge in [-0.05, 0) is 62.2 Å². The molecule has 1 aromatic carbocycles. The number of halogens is 1. The molecule has 0 spiro atoms. The molecule has 2 aliphatic rings. The molecule has 0 radical (unpaired) electrons. The monoisotopic (exact) mass is 490 g/mol. The number of aliphatic hydroxyl groups excluding tert-OH is 1. The summed E-state index contributed by atoms with van der Waals surface area (Å²) < 4.78 is 0.534. The molecular formula is C23H27ClN4O4S. The maximum atomic E-state index is 12.9. The van der Waals surface area contributed by atoms with Gasteiger partial charge in [-0.15, -0.1) is 11.3 Å². The first-order valence-corrected chi connectivity index (χ1v) is 12.1. The zero-order chi connectivity index (χ0) is 23.5. The van der Waals surface area contributed by atoms with Crippen LogP contribution in [-0.2, 0) is 4.79 Å². The van der Waals surface area contributed by atoms with Crippen LogP contribution in [-0.4, -0.2) is 73.1 Å². The third kappa shape index (κ3) is 5.55. The number of piperazine rings is 1. The van der Waals surface area contributed by atoms with Gasteiger partial charge in [0.25, 0.3) is 11.8 Å². The highest BCUT2D eigenvalue weighted by molar-refractivity contribution is 7.18. The minimum absolute atomic E-state index is 0.00172. The number of anilines is 1. The van der Waals surface area contributed by atoms with E-state index in [9.17, 15) is 19.5 Å². The Kier molecular flexibility index (Phi) is 7.33. The molecular weight excluding hydrogens is 464 g/mol. The van der Waals surface area contributed by atoms with E-state index in [1.165, 1.54) is 11.3 Å². The van der Waals surface area contributed by atoms with Gasteiger partial charge in [-0.2, -0.15) is 0 Å². The number of thiophene rings is 1. The molecule has 176 valence electrons. The number of amides is 3. The van der Waals surface area contributed by atoms with Crippen molar-refractivity contribution in [1.82, 2.24) is 15.5 Å². The molecule has 0 bridgehead atoms. The average molecular weight is 491 g/mol. The molecule has 1 aromatic heterocycles. The van der Waals surface area contributed by atoms with Crippen LogP contribution in [0.3, 0.4) is 0 Å². The van der Waals surface area contributed by atoms with E-state index in [0.29, 0.717) is 40.7 Å². The van der Waals surface area contributed by atoms with Crippen molar-refractivity contribution < 1.29 is 19.5 Å². The first-order chi connectivity index (χ1) is 15.8. The van der Waals surface area contributed by atoms with Crippen LogP contribution in [0.4, 0.5) is 5.69 Å². The molecule has 1 aliphatic carbocycles. The predicted molar refractivity (Wildman–Crippen MR) is 128 cm³/mol. The Labute approximate surface area is 201 Å². The van der Waals surface area contributed by atoms with Gasteiger partial charge < -0.3 is 20.6 Å². The van der Waals surface area contributed by atoms with E-state index >= 15 is 0 Å². The molecule has 33 heavy (non-hydrogen) atoms. The van der Waals surface area contributed by atoms with Crippen molar-refractivity contribution in [3.8, 4) is 0 Å². The number of rotatable bonds is 6. The van der Waals surface area contributed by atoms with Gasteiger partial charge in [-0.3, -0.25) is 19.3 Å². The fourth-order valence-corrected chi connectivity index (χ4v) is 5.34. The lowest BCUT2D eigenvalue weighted by Crippen LogP contribution is -2.49. The van der Waals surface area contributed by atoms with E-state index in [-0.39, 0.29) is 42.3 Å². The van der Waals surface area contributed by atoms with Gasteiger partial charge in [0.2, 0.25) is 5.91 Å². The van der Waals surface area contributed by atoms with E-state index in [1.807, 2.05) is 11.9 Å². The zero-order valence-electron chi connectivity index (χ0n) is 18.3. The first kappa shape index (κ1) is 23.7. The largest absolute Gasteiger partial charge is 0.396 e. The number of carbonyl (C=O) groups is 3. The Morgan fingerprint density at radius 2 is 1.73 bits per heavy atom. The van der Waals surface area contributed by atoms with E-state index in [1.54, 1.807) is 41.3 Å². The summed E-state index contributed by atoms with van der Waals surface area (Å²) in [5.41, 5.74) is 1.24. The fourth-order valence-electron chi connectivity index (χ4n) is 4.40. The number of benzene rings is 1. The van der Waals surface area contributed by atoms with Crippen LogP contribution in [0.1, 0.15) is 32.9 Å². The van der Waals surface area contributed by atoms with E-state index in [2.05, 4.69) is 10.6 Å². The molecule has 8 nitrogen and oxygen atoms in total. The average Bonchev–Trinajstić information content (AvgIpc) is 3.40. The van der Waals surface area contributed by atoms with Gasteiger partial charge >= 0.3 is 0 Å². The molecule has 2 aromatic rings. The third-order valence-corrected chi connectivity index (χ3v) is 7.43. The van der Waals surface area contributed by atoms with Crippen LogP contribution in [0.5, 0.6) is 0 Å². The van der Waals surface area contributed by atoms with Gasteiger partial charge in [0.15, 0.2) is 0 Å². The van der Waals surface area contributed by atoms with Crippen molar-refractivity contribution in [2.45, 2.75) is 24.9 Å². The predicted octanol–water partition coefficient (Wildman–Crippen LogP) is 1.98. The quantitative estimate of drug-likeness (QED) is 0.574. The summed E-state index contributed by atoms with van der Waals surface area (Å²) >= 11 is 7.13. The van der Waals surface area contributed by atoms with Crippen LogP contribution in [0.25, 0.3) is 0 Å². The molecule has 1 aliphatic heterocycles. The number of likely N-dealkylation sites (N-methyl/N-ethyl adjacent to an activating group) is 1. The molecule has 10 heteroatoms. The van der Waals surface area contributed by atoms with Gasteiger partial charge in [0.1, 0.15) is 0 Å². The summed E-state index contributed by atoms with van der Waals surface area (Å²) in [6, 6.07) is 9.72. The first-order valence-electron chi connectivity index (χ1n) is 10.9. The van der Waals surface area contributed by atoms with E-state index in [0.717, 1.165) is 12.2 Å². The highest BCUT2D eigenvalue weighted by Crippen LogP contribution is 2.28. The van der Waals surface area contributed by atoms with E-state index in [4.69, 9.17) is 11.6 Å². The molecule has 3 atom stereocenters. The van der Waals surface area contributed by atoms with Crippen molar-refractivity contribution >= 4 is 46.3 Å². The van der Waals surface area contributed by atoms with E-state index < -0.39 is 0 Å². The maximum Gasteiger partial charge on any atom is 0.261 e. The third-order valence-electron chi connectivity index (χ3n) is 6.20. The van der Waals surface area contributed by atoms with Gasteiger partial charge in [-0.25, -0.2) is 0 Å². The highest BCUT2D eigenvalue weighted by Gasteiger charge is 2.36. The number of hydrogen-bond acceptors (Lipinski definition) is 6. The SMILES string of the molecule is CN1CCN(c2ccc(C(=O)N[C@H]3C[C@H](CO)C[C@H]3NC(=O)c3ccc(Cl)s3)cc2)C(=O)C1. The lowest BCUT2D eigenvalue weighted by molar-refractivity contribution is -0.120. The Balaban J connectivity index is 1.40. The highest BCUT2D eigenvalue weighted by atomic mass is 35.5. The van der Waals surface area contributed by atoms with Crippen molar-refractivity contribution in [3.63, 3.8) is 0 Å². The van der Waals surface area contributed by atoms with Crippen molar-refractivity contribution in [1.29, 1.82) is 0 Å². The minimum Gasteiger partial charge on any atom is -0.396 e. The Morgan fingerprint density at radius 1 is 1.06 bits per heavy atom. The summed E-state index contributed by atoms with van der Waals surface area (Å²) in [6.07, 6.45) is 1.16. The number of hydrogen-bond donors (Lipinski definition) is 3. The standard InChI is InChI=1S/C23H27ClN4O4S/c1-27-8-9-28(21(30)12-27)16-4-2-15(3-5-16)22(31)25-17-10-14(13-29)11-18(17)26-23(32)19-6-7-20(24)33-19/h2-7,14,17-18,29H,8-13H2,1H3,(H,25,31)(H,26,32)/t14-,17-,18+/m0/s1. The number of aliphatic hydroxyl groups is 1. The Hall–Kier alpha value is -2.46. The number of nitrogens with one attached hydrogen (secondary N) is 2. The molecule has 1 saturated carbocycles. The van der Waals surface area contributed by atoms with Crippen molar-refractivity contribution in [2.75, 3.05) is 38.2 Å². The topological polar surface area (TPSA) is 102 Å². The summed E-state index contributed by atoms with van der Waals surface area (Å²) in [7, 11) is 1.91. The summed E-state index contributed by atoms with van der Waals surface area (Å²) in [6.45, 7) is 1.78. The zero-order valence-corrected chi connectivity index (χ0v) is 19.9. The second-order valence-corrected chi connectivity index (χ2v) is 10.3. The lowest BCUT2D eigenvalue weighted by Gasteiger charge is -2.32. The molecule has 0 unspecified atom stereocenters. The maximum absolute atomic E-state index is 12.9. The lowest BCUT2D eigenvalue weighted by atomic mass is 10.1. The van der Waals surface area contributed by atoms with Crippen LogP contribution in [0, 0.1) is 5.92 Å². The van der Waals surface area contributed by atoms with Crippen LogP contribution in [0.2, 0.25) is 4.34 Å².